The number of rotatable bonds is 3. The predicted octanol–water partition coefficient (Wildman–Crippen LogP) is 5.17. The summed E-state index contributed by atoms with van der Waals surface area (Å²) in [6.07, 6.45) is 5.92. The first-order valence-corrected chi connectivity index (χ1v) is 12.4. The van der Waals surface area contributed by atoms with Crippen molar-refractivity contribution in [2.45, 2.75) is 61.6 Å². The van der Waals surface area contributed by atoms with Gasteiger partial charge in [-0.05, 0) is 62.9 Å². The number of hydrogen-bond acceptors (Lipinski definition) is 6. The second-order valence-electron chi connectivity index (χ2n) is 9.38. The summed E-state index contributed by atoms with van der Waals surface area (Å²) in [5.41, 5.74) is 2.08. The van der Waals surface area contributed by atoms with Gasteiger partial charge >= 0.3 is 0 Å². The van der Waals surface area contributed by atoms with Gasteiger partial charge in [-0.3, -0.25) is 18.6 Å². The van der Waals surface area contributed by atoms with E-state index in [1.807, 2.05) is 30.7 Å². The minimum atomic E-state index is -2.87. The lowest BCUT2D eigenvalue weighted by atomic mass is 9.85. The highest BCUT2D eigenvalue weighted by Gasteiger charge is 2.43. The largest absolute Gasteiger partial charge is 0.338 e. The van der Waals surface area contributed by atoms with Gasteiger partial charge in [0, 0.05) is 11.9 Å². The second kappa shape index (κ2) is 7.37. The highest BCUT2D eigenvalue weighted by molar-refractivity contribution is 8.25. The highest BCUT2D eigenvalue weighted by atomic mass is 32.3. The quantitative estimate of drug-likeness (QED) is 0.433. The Morgan fingerprint density at radius 3 is 2.84 bits per heavy atom. The van der Waals surface area contributed by atoms with E-state index in [1.54, 1.807) is 18.3 Å². The summed E-state index contributed by atoms with van der Waals surface area (Å²) >= 11 is 0. The molecule has 5 rings (SSSR count). The number of nitrogens with zero attached hydrogens (tertiary/aromatic N) is 3. The molecule has 2 unspecified atom stereocenters. The van der Waals surface area contributed by atoms with Crippen molar-refractivity contribution in [2.75, 3.05) is 5.32 Å². The SMILES string of the molecule is CC1(C)Cc2cc(Nc3nn(C4CCCCC4C#N)c4cc[nH]c(=O)c34)ccc2S1(O)O. The Hall–Kier alpha value is -2.80. The van der Waals surface area contributed by atoms with Crippen molar-refractivity contribution < 1.29 is 9.11 Å². The Kier molecular flexibility index (Phi) is 4.85. The Balaban J connectivity index is 1.57. The predicted molar refractivity (Wildman–Crippen MR) is 126 cm³/mol. The first-order chi connectivity index (χ1) is 15.2. The molecule has 0 amide bonds. The fourth-order valence-electron chi connectivity index (χ4n) is 5.06. The Bertz CT molecular complexity index is 1300. The third kappa shape index (κ3) is 3.13. The number of H-pyrrole nitrogens is 1. The normalized spacial score (nSPS) is 24.6. The molecule has 32 heavy (non-hydrogen) atoms. The zero-order valence-corrected chi connectivity index (χ0v) is 18.9. The lowest BCUT2D eigenvalue weighted by Crippen LogP contribution is -2.24. The zero-order chi connectivity index (χ0) is 22.7. The van der Waals surface area contributed by atoms with Crippen LogP contribution in [0.4, 0.5) is 11.5 Å². The molecule has 2 aromatic heterocycles. The summed E-state index contributed by atoms with van der Waals surface area (Å²) in [7, 11) is -2.87. The van der Waals surface area contributed by atoms with E-state index in [0.29, 0.717) is 28.0 Å². The van der Waals surface area contributed by atoms with E-state index in [4.69, 9.17) is 5.10 Å². The van der Waals surface area contributed by atoms with Crippen molar-refractivity contribution in [1.29, 1.82) is 5.26 Å². The minimum Gasteiger partial charge on any atom is -0.338 e. The number of anilines is 2. The lowest BCUT2D eigenvalue weighted by molar-refractivity contribution is 0.277. The number of nitriles is 1. The summed E-state index contributed by atoms with van der Waals surface area (Å²) in [4.78, 5) is 16.0. The van der Waals surface area contributed by atoms with E-state index >= 15 is 0 Å². The van der Waals surface area contributed by atoms with Crippen molar-refractivity contribution >= 4 is 33.0 Å². The summed E-state index contributed by atoms with van der Waals surface area (Å²) in [5, 5.41) is 18.1. The van der Waals surface area contributed by atoms with E-state index in [9.17, 15) is 19.2 Å². The van der Waals surface area contributed by atoms with Crippen LogP contribution in [0.5, 0.6) is 0 Å². The molecule has 0 bridgehead atoms. The van der Waals surface area contributed by atoms with Gasteiger partial charge in [-0.15, -0.1) is 0 Å². The van der Waals surface area contributed by atoms with Gasteiger partial charge in [-0.1, -0.05) is 12.8 Å². The van der Waals surface area contributed by atoms with Gasteiger partial charge in [0.1, 0.15) is 5.39 Å². The van der Waals surface area contributed by atoms with Crippen molar-refractivity contribution in [1.82, 2.24) is 14.8 Å². The number of nitrogens with one attached hydrogen (secondary N) is 2. The maximum Gasteiger partial charge on any atom is 0.261 e. The molecule has 1 fully saturated rings. The van der Waals surface area contributed by atoms with E-state index in [1.165, 1.54) is 0 Å². The molecule has 0 radical (unpaired) electrons. The van der Waals surface area contributed by atoms with Gasteiger partial charge < -0.3 is 10.3 Å². The second-order valence-corrected chi connectivity index (χ2v) is 12.0. The van der Waals surface area contributed by atoms with Crippen LogP contribution >= 0.6 is 10.6 Å². The van der Waals surface area contributed by atoms with Gasteiger partial charge in [0.05, 0.1) is 33.2 Å². The van der Waals surface area contributed by atoms with Crippen LogP contribution in [0.25, 0.3) is 10.9 Å². The number of pyridine rings is 1. The molecule has 0 saturated heterocycles. The first-order valence-electron chi connectivity index (χ1n) is 10.9. The summed E-state index contributed by atoms with van der Waals surface area (Å²) in [6, 6.07) is 9.62. The van der Waals surface area contributed by atoms with Crippen LogP contribution < -0.4 is 10.9 Å². The smallest absolute Gasteiger partial charge is 0.261 e. The van der Waals surface area contributed by atoms with E-state index in [0.717, 1.165) is 36.9 Å². The van der Waals surface area contributed by atoms with Crippen molar-refractivity contribution in [3.63, 3.8) is 0 Å². The lowest BCUT2D eigenvalue weighted by Gasteiger charge is -2.41. The van der Waals surface area contributed by atoms with Crippen LogP contribution in [0.15, 0.2) is 40.2 Å². The van der Waals surface area contributed by atoms with E-state index < -0.39 is 15.3 Å². The van der Waals surface area contributed by atoms with Crippen LogP contribution in [-0.4, -0.2) is 28.6 Å². The molecule has 8 nitrogen and oxygen atoms in total. The van der Waals surface area contributed by atoms with Crippen molar-refractivity contribution in [2.24, 2.45) is 5.92 Å². The maximum absolute atomic E-state index is 12.7. The maximum atomic E-state index is 12.7. The molecule has 168 valence electrons. The van der Waals surface area contributed by atoms with E-state index in [-0.39, 0.29) is 17.5 Å². The average molecular weight is 454 g/mol. The Labute approximate surface area is 187 Å². The molecule has 1 aliphatic carbocycles. The molecule has 0 spiro atoms. The van der Waals surface area contributed by atoms with Crippen LogP contribution in [0.3, 0.4) is 0 Å². The fourth-order valence-corrected chi connectivity index (χ4v) is 6.77. The molecule has 1 aliphatic heterocycles. The molecule has 3 heterocycles. The van der Waals surface area contributed by atoms with Gasteiger partial charge in [-0.2, -0.15) is 21.0 Å². The number of aromatic amines is 1. The van der Waals surface area contributed by atoms with Crippen LogP contribution in [0.2, 0.25) is 0 Å². The number of hydrogen-bond donors (Lipinski definition) is 4. The van der Waals surface area contributed by atoms with Gasteiger partial charge in [0.15, 0.2) is 5.82 Å². The fraction of sp³-hybridized carbons (Fsp3) is 0.435. The van der Waals surface area contributed by atoms with Gasteiger partial charge in [0.2, 0.25) is 0 Å². The van der Waals surface area contributed by atoms with Crippen LogP contribution in [0.1, 0.15) is 51.1 Å². The van der Waals surface area contributed by atoms with E-state index in [2.05, 4.69) is 16.4 Å². The monoisotopic (exact) mass is 453 g/mol. The van der Waals surface area contributed by atoms with Crippen LogP contribution in [0, 0.1) is 17.2 Å². The molecule has 1 saturated carbocycles. The summed E-state index contributed by atoms with van der Waals surface area (Å²) in [6.45, 7) is 3.72. The standard InChI is InChI=1S/C23H27N5O3S/c1-23(2)12-15-11-16(7-8-19(15)32(23,30)31)26-21-20-18(9-10-25-22(20)29)28(27-21)17-6-4-3-5-14(17)13-24/h7-11,14,17,30-31H,3-6,12H2,1-2H3,(H,25,29)(H,26,27). The molecular weight excluding hydrogens is 426 g/mol. The zero-order valence-electron chi connectivity index (χ0n) is 18.1. The van der Waals surface area contributed by atoms with Gasteiger partial charge in [0.25, 0.3) is 5.56 Å². The van der Waals surface area contributed by atoms with Gasteiger partial charge in [-0.25, -0.2) is 0 Å². The molecule has 4 N–H and O–H groups in total. The van der Waals surface area contributed by atoms with Crippen molar-refractivity contribution in [3.05, 3.63) is 46.4 Å². The molecule has 3 aromatic rings. The number of aromatic nitrogens is 3. The van der Waals surface area contributed by atoms with Crippen molar-refractivity contribution in [3.8, 4) is 6.07 Å². The molecule has 9 heteroatoms. The van der Waals surface area contributed by atoms with Crippen LogP contribution in [-0.2, 0) is 6.42 Å². The summed E-state index contributed by atoms with van der Waals surface area (Å²) in [5.74, 6) is 0.305. The Morgan fingerprint density at radius 2 is 2.06 bits per heavy atom. The average Bonchev–Trinajstić information content (AvgIpc) is 3.20. The topological polar surface area (TPSA) is 127 Å². The third-order valence-electron chi connectivity index (χ3n) is 6.86. The summed E-state index contributed by atoms with van der Waals surface area (Å²) < 4.78 is 22.5. The number of fused-ring (bicyclic) bond motifs is 2. The molecule has 1 aromatic carbocycles. The molecule has 2 atom stereocenters. The minimum absolute atomic E-state index is 0.0672. The highest BCUT2D eigenvalue weighted by Crippen LogP contribution is 2.66. The molecule has 2 aliphatic rings. The number of benzene rings is 1. The molecular formula is C23H27N5O3S. The third-order valence-corrected chi connectivity index (χ3v) is 9.55. The first kappa shape index (κ1) is 21.1. The Morgan fingerprint density at radius 1 is 1.28 bits per heavy atom.